The molecule has 3 heterocycles. The van der Waals surface area contributed by atoms with Crippen molar-refractivity contribution in [3.63, 3.8) is 0 Å². The van der Waals surface area contributed by atoms with Gasteiger partial charge in [0.05, 0.1) is 11.3 Å². The average molecular weight is 389 g/mol. The maximum atomic E-state index is 12.7. The summed E-state index contributed by atoms with van der Waals surface area (Å²) in [4.78, 5) is 6.99. The molecule has 3 aromatic rings. The zero-order valence-electron chi connectivity index (χ0n) is 15.6. The number of aromatic nitrogens is 3. The van der Waals surface area contributed by atoms with E-state index in [4.69, 9.17) is 10.7 Å². The number of fused-ring (bicyclic) bond motifs is 1. The van der Waals surface area contributed by atoms with E-state index in [1.165, 1.54) is 0 Å². The van der Waals surface area contributed by atoms with Crippen LogP contribution in [0, 0.1) is 6.92 Å². The van der Waals surface area contributed by atoms with Crippen molar-refractivity contribution in [2.24, 2.45) is 0 Å². The first kappa shape index (κ1) is 18.7. The monoisotopic (exact) mass is 389 g/mol. The summed E-state index contributed by atoms with van der Waals surface area (Å²) in [6.45, 7) is 4.31. The van der Waals surface area contributed by atoms with E-state index in [1.807, 2.05) is 19.1 Å². The third kappa shape index (κ3) is 3.82. The molecule has 1 saturated heterocycles. The van der Waals surface area contributed by atoms with Gasteiger partial charge in [-0.05, 0) is 50.6 Å². The second kappa shape index (κ2) is 7.09. The third-order valence-electron chi connectivity index (χ3n) is 5.29. The first-order valence-electron chi connectivity index (χ1n) is 9.31. The number of aryl methyl sites for hydroxylation is 1. The van der Waals surface area contributed by atoms with Crippen molar-refractivity contribution < 1.29 is 13.2 Å². The molecule has 0 aliphatic carbocycles. The number of hydrogen-bond donors (Lipinski definition) is 1. The maximum Gasteiger partial charge on any atom is 0.416 e. The normalized spacial score (nSPS) is 16.7. The van der Waals surface area contributed by atoms with Crippen LogP contribution in [0.15, 0.2) is 36.4 Å². The van der Waals surface area contributed by atoms with Crippen molar-refractivity contribution in [3.05, 3.63) is 58.9 Å². The second-order valence-corrected chi connectivity index (χ2v) is 7.41. The number of hydrogen-bond acceptors (Lipinski definition) is 4. The van der Waals surface area contributed by atoms with Crippen LogP contribution < -0.4 is 5.73 Å². The van der Waals surface area contributed by atoms with Crippen LogP contribution in [0.5, 0.6) is 0 Å². The van der Waals surface area contributed by atoms with E-state index < -0.39 is 11.7 Å². The Balaban J connectivity index is 1.39. The van der Waals surface area contributed by atoms with Gasteiger partial charge in [0.15, 0.2) is 5.65 Å². The van der Waals surface area contributed by atoms with Crippen molar-refractivity contribution in [3.8, 4) is 0 Å². The number of piperidine rings is 1. The van der Waals surface area contributed by atoms with Crippen LogP contribution in [0.1, 0.15) is 41.3 Å². The number of nitrogens with two attached hydrogens (primary N) is 1. The predicted octanol–water partition coefficient (Wildman–Crippen LogP) is 4.02. The van der Waals surface area contributed by atoms with E-state index in [-0.39, 0.29) is 0 Å². The van der Waals surface area contributed by atoms with E-state index in [9.17, 15) is 13.2 Å². The van der Waals surface area contributed by atoms with E-state index in [1.54, 1.807) is 16.6 Å². The summed E-state index contributed by atoms with van der Waals surface area (Å²) in [5.41, 5.74) is 9.03. The van der Waals surface area contributed by atoms with Gasteiger partial charge in [-0.1, -0.05) is 12.1 Å². The van der Waals surface area contributed by atoms with Crippen LogP contribution in [0.4, 0.5) is 19.0 Å². The molecule has 0 bridgehead atoms. The summed E-state index contributed by atoms with van der Waals surface area (Å²) in [5, 5.41) is 4.33. The zero-order chi connectivity index (χ0) is 19.9. The lowest BCUT2D eigenvalue weighted by Gasteiger charge is -2.31. The fourth-order valence-electron chi connectivity index (χ4n) is 3.79. The Kier molecular flexibility index (Phi) is 4.74. The van der Waals surface area contributed by atoms with Gasteiger partial charge in [-0.3, -0.25) is 4.90 Å². The Hall–Kier alpha value is -2.61. The van der Waals surface area contributed by atoms with Gasteiger partial charge in [0, 0.05) is 30.3 Å². The highest BCUT2D eigenvalue weighted by Crippen LogP contribution is 2.31. The lowest BCUT2D eigenvalue weighted by Crippen LogP contribution is -2.32. The SMILES string of the molecule is Cc1cc2nc(C3CCN(Cc4ccc(C(F)(F)F)cc4)CC3)cc(N)n2n1. The van der Waals surface area contributed by atoms with Crippen LogP contribution >= 0.6 is 0 Å². The Morgan fingerprint density at radius 3 is 2.43 bits per heavy atom. The Morgan fingerprint density at radius 1 is 1.11 bits per heavy atom. The fourth-order valence-corrected chi connectivity index (χ4v) is 3.79. The first-order valence-corrected chi connectivity index (χ1v) is 9.31. The highest BCUT2D eigenvalue weighted by Gasteiger charge is 2.30. The Morgan fingerprint density at radius 2 is 1.79 bits per heavy atom. The molecule has 0 unspecified atom stereocenters. The van der Waals surface area contributed by atoms with Gasteiger partial charge in [0.1, 0.15) is 5.82 Å². The minimum absolute atomic E-state index is 0.325. The molecule has 0 spiro atoms. The van der Waals surface area contributed by atoms with Crippen LogP contribution in [0.2, 0.25) is 0 Å². The number of benzene rings is 1. The molecule has 2 N–H and O–H groups in total. The summed E-state index contributed by atoms with van der Waals surface area (Å²) in [6, 6.07) is 9.24. The van der Waals surface area contributed by atoms with Gasteiger partial charge < -0.3 is 5.73 Å². The third-order valence-corrected chi connectivity index (χ3v) is 5.29. The Labute approximate surface area is 161 Å². The summed E-state index contributed by atoms with van der Waals surface area (Å²) in [6.07, 6.45) is -2.41. The fraction of sp³-hybridized carbons (Fsp3) is 0.400. The molecule has 1 aromatic carbocycles. The van der Waals surface area contributed by atoms with Crippen molar-refractivity contribution in [2.45, 2.75) is 38.4 Å². The number of likely N-dealkylation sites (tertiary alicyclic amines) is 1. The molecule has 1 aliphatic rings. The first-order chi connectivity index (χ1) is 13.3. The van der Waals surface area contributed by atoms with Crippen molar-refractivity contribution >= 4 is 11.5 Å². The van der Waals surface area contributed by atoms with Crippen molar-refractivity contribution in [1.82, 2.24) is 19.5 Å². The molecule has 0 amide bonds. The molecule has 0 radical (unpaired) electrons. The molecular weight excluding hydrogens is 367 g/mol. The van der Waals surface area contributed by atoms with Crippen molar-refractivity contribution in [1.29, 1.82) is 0 Å². The van der Waals surface area contributed by atoms with E-state index >= 15 is 0 Å². The smallest absolute Gasteiger partial charge is 0.384 e. The quantitative estimate of drug-likeness (QED) is 0.735. The zero-order valence-corrected chi connectivity index (χ0v) is 15.6. The largest absolute Gasteiger partial charge is 0.416 e. The summed E-state index contributed by atoms with van der Waals surface area (Å²) in [7, 11) is 0. The molecule has 5 nitrogen and oxygen atoms in total. The number of nitrogen functional groups attached to an aromatic ring is 1. The molecule has 2 aromatic heterocycles. The number of alkyl halides is 3. The van der Waals surface area contributed by atoms with E-state index in [2.05, 4.69) is 10.00 Å². The van der Waals surface area contributed by atoms with Gasteiger partial charge in [-0.2, -0.15) is 22.8 Å². The van der Waals surface area contributed by atoms with Crippen LogP contribution in [0.3, 0.4) is 0 Å². The van der Waals surface area contributed by atoms with Crippen LogP contribution in [0.25, 0.3) is 5.65 Å². The maximum absolute atomic E-state index is 12.7. The predicted molar refractivity (Wildman–Crippen MR) is 101 cm³/mol. The topological polar surface area (TPSA) is 59.5 Å². The van der Waals surface area contributed by atoms with Gasteiger partial charge in [0.25, 0.3) is 0 Å². The van der Waals surface area contributed by atoms with Crippen molar-refractivity contribution in [2.75, 3.05) is 18.8 Å². The molecule has 8 heteroatoms. The summed E-state index contributed by atoms with van der Waals surface area (Å²) in [5.74, 6) is 0.909. The van der Waals surface area contributed by atoms with Crippen LogP contribution in [-0.4, -0.2) is 32.6 Å². The molecule has 28 heavy (non-hydrogen) atoms. The number of anilines is 1. The lowest BCUT2D eigenvalue weighted by atomic mass is 9.93. The minimum Gasteiger partial charge on any atom is -0.384 e. The standard InChI is InChI=1S/C20H22F3N5/c1-13-10-19-25-17(11-18(24)28(19)26-13)15-6-8-27(9-7-15)12-14-2-4-16(5-3-14)20(21,22)23/h2-5,10-11,15H,6-9,12,24H2,1H3. The highest BCUT2D eigenvalue weighted by atomic mass is 19.4. The summed E-state index contributed by atoms with van der Waals surface area (Å²) < 4.78 is 39.7. The lowest BCUT2D eigenvalue weighted by molar-refractivity contribution is -0.137. The van der Waals surface area contributed by atoms with Gasteiger partial charge in [-0.15, -0.1) is 0 Å². The minimum atomic E-state index is -4.29. The number of halogens is 3. The molecule has 0 saturated carbocycles. The molecule has 1 fully saturated rings. The highest BCUT2D eigenvalue weighted by molar-refractivity contribution is 5.48. The van der Waals surface area contributed by atoms with E-state index in [0.29, 0.717) is 18.3 Å². The molecule has 0 atom stereocenters. The summed E-state index contributed by atoms with van der Waals surface area (Å²) >= 11 is 0. The van der Waals surface area contributed by atoms with Gasteiger partial charge in [-0.25, -0.2) is 4.98 Å². The molecular formula is C20H22F3N5. The van der Waals surface area contributed by atoms with Gasteiger partial charge in [0.2, 0.25) is 0 Å². The molecule has 4 rings (SSSR count). The number of nitrogens with zero attached hydrogens (tertiary/aromatic N) is 4. The molecule has 1 aliphatic heterocycles. The Bertz CT molecular complexity index is 970. The van der Waals surface area contributed by atoms with Crippen LogP contribution in [-0.2, 0) is 12.7 Å². The number of rotatable bonds is 3. The molecule has 148 valence electrons. The average Bonchev–Trinajstić information content (AvgIpc) is 3.03. The van der Waals surface area contributed by atoms with E-state index in [0.717, 1.165) is 60.7 Å². The van der Waals surface area contributed by atoms with Gasteiger partial charge >= 0.3 is 6.18 Å². The second-order valence-electron chi connectivity index (χ2n) is 7.41.